The number of hydrogen-bond acceptors (Lipinski definition) is 3. The van der Waals surface area contributed by atoms with Gasteiger partial charge in [-0.1, -0.05) is 13.3 Å². The summed E-state index contributed by atoms with van der Waals surface area (Å²) in [6.07, 6.45) is -1.61. The van der Waals surface area contributed by atoms with Gasteiger partial charge in [0.25, 0.3) is 0 Å². The summed E-state index contributed by atoms with van der Waals surface area (Å²) in [6, 6.07) is -0.571. The molecule has 4 nitrogen and oxygen atoms in total. The van der Waals surface area contributed by atoms with Crippen LogP contribution in [-0.4, -0.2) is 48.7 Å². The van der Waals surface area contributed by atoms with Gasteiger partial charge in [-0.2, -0.15) is 13.2 Å². The Labute approximate surface area is 111 Å². The van der Waals surface area contributed by atoms with Gasteiger partial charge in [-0.05, 0) is 19.3 Å². The molecule has 1 atom stereocenters. The van der Waals surface area contributed by atoms with E-state index in [1.165, 1.54) is 4.90 Å². The van der Waals surface area contributed by atoms with Crippen LogP contribution in [0.15, 0.2) is 0 Å². The summed E-state index contributed by atoms with van der Waals surface area (Å²) in [7, 11) is 0. The number of rotatable bonds is 5. The van der Waals surface area contributed by atoms with Gasteiger partial charge in [-0.25, -0.2) is 0 Å². The van der Waals surface area contributed by atoms with Crippen molar-refractivity contribution < 1.29 is 18.0 Å². The lowest BCUT2D eigenvalue weighted by Gasteiger charge is -2.33. The molecule has 0 saturated carbocycles. The number of carbonyl (C=O) groups excluding carboxylic acids is 1. The second-order valence-electron chi connectivity index (χ2n) is 5.07. The number of carbonyl (C=O) groups is 1. The van der Waals surface area contributed by atoms with Gasteiger partial charge >= 0.3 is 6.18 Å². The molecule has 1 unspecified atom stereocenters. The number of piperidine rings is 1. The average Bonchev–Trinajstić information content (AvgIpc) is 2.30. The molecule has 112 valence electrons. The van der Waals surface area contributed by atoms with Crippen LogP contribution < -0.4 is 11.1 Å². The number of likely N-dealkylation sites (tertiary alicyclic amines) is 1. The number of nitrogens with zero attached hydrogens (tertiary/aromatic N) is 1. The van der Waals surface area contributed by atoms with Gasteiger partial charge in [0.2, 0.25) is 5.91 Å². The lowest BCUT2D eigenvalue weighted by Crippen LogP contribution is -2.50. The first-order valence-corrected chi connectivity index (χ1v) is 6.67. The lowest BCUT2D eigenvalue weighted by molar-refractivity contribution is -0.148. The maximum atomic E-state index is 12.2. The Morgan fingerprint density at radius 2 is 2.00 bits per heavy atom. The number of halogens is 3. The van der Waals surface area contributed by atoms with E-state index in [0.29, 0.717) is 32.4 Å². The van der Waals surface area contributed by atoms with Gasteiger partial charge in [0, 0.05) is 19.1 Å². The maximum absolute atomic E-state index is 12.2. The SMILES string of the molecule is CCCC(N)C(=O)NC1CCN(CC(F)(F)F)CC1. The van der Waals surface area contributed by atoms with Crippen molar-refractivity contribution in [2.24, 2.45) is 5.73 Å². The van der Waals surface area contributed by atoms with E-state index in [1.54, 1.807) is 0 Å². The van der Waals surface area contributed by atoms with Crippen LogP contribution in [0, 0.1) is 0 Å². The standard InChI is InChI=1S/C12H22F3N3O/c1-2-3-10(16)11(19)17-9-4-6-18(7-5-9)8-12(13,14)15/h9-10H,2-8,16H2,1H3,(H,17,19). The first-order valence-electron chi connectivity index (χ1n) is 6.67. The summed E-state index contributed by atoms with van der Waals surface area (Å²) in [5.41, 5.74) is 5.68. The maximum Gasteiger partial charge on any atom is 0.401 e. The van der Waals surface area contributed by atoms with Crippen molar-refractivity contribution in [3.8, 4) is 0 Å². The Morgan fingerprint density at radius 3 is 2.47 bits per heavy atom. The van der Waals surface area contributed by atoms with Gasteiger partial charge < -0.3 is 11.1 Å². The Balaban J connectivity index is 2.28. The summed E-state index contributed by atoms with van der Waals surface area (Å²) in [5.74, 6) is -0.198. The highest BCUT2D eigenvalue weighted by Gasteiger charge is 2.32. The molecule has 1 heterocycles. The third kappa shape index (κ3) is 6.24. The molecule has 1 rings (SSSR count). The quantitative estimate of drug-likeness (QED) is 0.797. The van der Waals surface area contributed by atoms with E-state index in [1.807, 2.05) is 6.92 Å². The minimum Gasteiger partial charge on any atom is -0.352 e. The van der Waals surface area contributed by atoms with Gasteiger partial charge in [-0.3, -0.25) is 9.69 Å². The molecule has 0 radical (unpaired) electrons. The van der Waals surface area contributed by atoms with Crippen LogP contribution in [-0.2, 0) is 4.79 Å². The minimum atomic E-state index is -4.15. The van der Waals surface area contributed by atoms with E-state index in [2.05, 4.69) is 5.32 Å². The highest BCUT2D eigenvalue weighted by atomic mass is 19.4. The predicted octanol–water partition coefficient (Wildman–Crippen LogP) is 1.26. The monoisotopic (exact) mass is 281 g/mol. The zero-order valence-electron chi connectivity index (χ0n) is 11.2. The summed E-state index contributed by atoms with van der Waals surface area (Å²) in [6.45, 7) is 1.78. The third-order valence-electron chi connectivity index (χ3n) is 3.27. The summed E-state index contributed by atoms with van der Waals surface area (Å²) in [5, 5.41) is 2.81. The molecule has 0 aromatic heterocycles. The largest absolute Gasteiger partial charge is 0.401 e. The van der Waals surface area contributed by atoms with Crippen LogP contribution in [0.4, 0.5) is 13.2 Å². The predicted molar refractivity (Wildman–Crippen MR) is 66.5 cm³/mol. The molecule has 0 spiro atoms. The first-order chi connectivity index (χ1) is 8.81. The van der Waals surface area contributed by atoms with E-state index >= 15 is 0 Å². The fourth-order valence-corrected chi connectivity index (χ4v) is 2.24. The molecule has 0 aromatic carbocycles. The van der Waals surface area contributed by atoms with Gasteiger partial charge in [0.15, 0.2) is 0 Å². The lowest BCUT2D eigenvalue weighted by atomic mass is 10.0. The third-order valence-corrected chi connectivity index (χ3v) is 3.27. The van der Waals surface area contributed by atoms with Crippen molar-refractivity contribution in [2.45, 2.75) is 50.9 Å². The van der Waals surface area contributed by atoms with Crippen molar-refractivity contribution in [1.29, 1.82) is 0 Å². The van der Waals surface area contributed by atoms with Crippen molar-refractivity contribution >= 4 is 5.91 Å². The molecule has 1 saturated heterocycles. The topological polar surface area (TPSA) is 58.4 Å². The van der Waals surface area contributed by atoms with E-state index in [4.69, 9.17) is 5.73 Å². The van der Waals surface area contributed by atoms with Crippen LogP contribution in [0.1, 0.15) is 32.6 Å². The van der Waals surface area contributed by atoms with E-state index in [-0.39, 0.29) is 11.9 Å². The van der Waals surface area contributed by atoms with E-state index in [9.17, 15) is 18.0 Å². The van der Waals surface area contributed by atoms with E-state index in [0.717, 1.165) is 6.42 Å². The molecule has 1 aliphatic rings. The van der Waals surface area contributed by atoms with Gasteiger partial charge in [0.05, 0.1) is 12.6 Å². The highest BCUT2D eigenvalue weighted by molar-refractivity contribution is 5.81. The normalized spacial score (nSPS) is 20.3. The summed E-state index contributed by atoms with van der Waals surface area (Å²) in [4.78, 5) is 13.1. The Kier molecular flexibility index (Phi) is 6.06. The number of nitrogens with one attached hydrogen (secondary N) is 1. The smallest absolute Gasteiger partial charge is 0.352 e. The van der Waals surface area contributed by atoms with Crippen LogP contribution in [0.3, 0.4) is 0 Å². The molecular formula is C12H22F3N3O. The zero-order chi connectivity index (χ0) is 14.5. The second-order valence-corrected chi connectivity index (χ2v) is 5.07. The van der Waals surface area contributed by atoms with Crippen molar-refractivity contribution in [3.05, 3.63) is 0 Å². The molecule has 0 bridgehead atoms. The highest BCUT2D eigenvalue weighted by Crippen LogP contribution is 2.19. The Bertz CT molecular complexity index is 288. The molecule has 1 fully saturated rings. The second kappa shape index (κ2) is 7.09. The molecule has 3 N–H and O–H groups in total. The molecule has 1 aliphatic heterocycles. The molecular weight excluding hydrogens is 259 g/mol. The van der Waals surface area contributed by atoms with Crippen molar-refractivity contribution in [1.82, 2.24) is 10.2 Å². The number of nitrogens with two attached hydrogens (primary N) is 1. The number of alkyl halides is 3. The summed E-state index contributed by atoms with van der Waals surface area (Å²) < 4.78 is 36.6. The Hall–Kier alpha value is -0.820. The van der Waals surface area contributed by atoms with Crippen molar-refractivity contribution in [2.75, 3.05) is 19.6 Å². The van der Waals surface area contributed by atoms with Gasteiger partial charge in [0.1, 0.15) is 0 Å². The fraction of sp³-hybridized carbons (Fsp3) is 0.917. The molecule has 0 aromatic rings. The fourth-order valence-electron chi connectivity index (χ4n) is 2.24. The van der Waals surface area contributed by atoms with Gasteiger partial charge in [-0.15, -0.1) is 0 Å². The van der Waals surface area contributed by atoms with Crippen LogP contribution >= 0.6 is 0 Å². The minimum absolute atomic E-state index is 0.0557. The Morgan fingerprint density at radius 1 is 1.42 bits per heavy atom. The molecule has 7 heteroatoms. The molecule has 19 heavy (non-hydrogen) atoms. The van der Waals surface area contributed by atoms with Crippen LogP contribution in [0.5, 0.6) is 0 Å². The summed E-state index contributed by atoms with van der Waals surface area (Å²) >= 11 is 0. The van der Waals surface area contributed by atoms with Crippen LogP contribution in [0.25, 0.3) is 0 Å². The molecule has 0 aliphatic carbocycles. The number of amides is 1. The average molecular weight is 281 g/mol. The van der Waals surface area contributed by atoms with Crippen molar-refractivity contribution in [3.63, 3.8) is 0 Å². The van der Waals surface area contributed by atoms with Crippen LogP contribution in [0.2, 0.25) is 0 Å². The van der Waals surface area contributed by atoms with E-state index < -0.39 is 18.8 Å². The first kappa shape index (κ1) is 16.2. The number of hydrogen-bond donors (Lipinski definition) is 2. The molecule has 1 amide bonds. The zero-order valence-corrected chi connectivity index (χ0v) is 11.2.